The topological polar surface area (TPSA) is 0 Å². The van der Waals surface area contributed by atoms with Crippen LogP contribution in [0.2, 0.25) is 11.6 Å². The molecular weight excluding hydrogens is 227 g/mol. The van der Waals surface area contributed by atoms with Crippen LogP contribution in [-0.2, 0) is 0 Å². The first-order chi connectivity index (χ1) is 9.05. The molecule has 105 valence electrons. The van der Waals surface area contributed by atoms with Gasteiger partial charge in [-0.1, -0.05) is 64.5 Å². The molecule has 2 aliphatic heterocycles. The van der Waals surface area contributed by atoms with E-state index in [2.05, 4.69) is 28.1 Å². The van der Waals surface area contributed by atoms with Gasteiger partial charge in [0.1, 0.15) is 7.28 Å². The fourth-order valence-electron chi connectivity index (χ4n) is 6.65. The van der Waals surface area contributed by atoms with Crippen molar-refractivity contribution in [2.24, 2.45) is 35.0 Å². The first kappa shape index (κ1) is 12.8. The number of rotatable bonds is 1. The van der Waals surface area contributed by atoms with Crippen LogP contribution in [0.15, 0.2) is 0 Å². The van der Waals surface area contributed by atoms with E-state index in [1.54, 1.807) is 25.7 Å². The first-order valence-electron chi connectivity index (χ1n) is 8.90. The summed E-state index contributed by atoms with van der Waals surface area (Å²) >= 11 is 0. The molecular formula is C18H30B. The van der Waals surface area contributed by atoms with E-state index in [9.17, 15) is 0 Å². The molecule has 5 fully saturated rings. The Balaban J connectivity index is 1.49. The zero-order valence-electron chi connectivity index (χ0n) is 13.1. The SMILES string of the molecule is CC1C(C2CC3[B][C@@H](CCC3)C2)CC2CC1C2(C)C. The number of hydrogen-bond acceptors (Lipinski definition) is 0. The van der Waals surface area contributed by atoms with Gasteiger partial charge < -0.3 is 0 Å². The standard InChI is InChI=1S/C18H30B/c1-11-16(9-13-10-17(11)18(13,2)3)12-7-14-5-4-6-15(8-12)19-14/h11-17H,4-10H2,1-3H3/t11?,12?,13?,14-,15?,16?,17?/m0/s1. The lowest BCUT2D eigenvalue weighted by Crippen LogP contribution is -2.56. The van der Waals surface area contributed by atoms with Gasteiger partial charge in [-0.3, -0.25) is 0 Å². The van der Waals surface area contributed by atoms with Gasteiger partial charge in [-0.15, -0.1) is 0 Å². The zero-order valence-corrected chi connectivity index (χ0v) is 13.1. The van der Waals surface area contributed by atoms with Crippen molar-refractivity contribution in [2.75, 3.05) is 0 Å². The second kappa shape index (κ2) is 4.28. The van der Waals surface area contributed by atoms with E-state index in [4.69, 9.17) is 0 Å². The van der Waals surface area contributed by atoms with E-state index >= 15 is 0 Å². The average Bonchev–Trinajstić information content (AvgIpc) is 2.37. The third kappa shape index (κ3) is 1.86. The monoisotopic (exact) mass is 257 g/mol. The summed E-state index contributed by atoms with van der Waals surface area (Å²) in [6, 6.07) is 0. The molecule has 2 saturated heterocycles. The summed E-state index contributed by atoms with van der Waals surface area (Å²) in [5.41, 5.74) is 0.673. The highest BCUT2D eigenvalue weighted by atomic mass is 14.6. The van der Waals surface area contributed by atoms with Gasteiger partial charge in [-0.2, -0.15) is 0 Å². The molecule has 0 nitrogen and oxygen atoms in total. The van der Waals surface area contributed by atoms with E-state index in [-0.39, 0.29) is 0 Å². The van der Waals surface area contributed by atoms with Crippen LogP contribution in [0.25, 0.3) is 0 Å². The average molecular weight is 257 g/mol. The number of hydrogen-bond donors (Lipinski definition) is 0. The van der Waals surface area contributed by atoms with Crippen LogP contribution in [0.4, 0.5) is 0 Å². The van der Waals surface area contributed by atoms with Gasteiger partial charge in [-0.25, -0.2) is 0 Å². The highest BCUT2D eigenvalue weighted by molar-refractivity contribution is 6.40. The van der Waals surface area contributed by atoms with Gasteiger partial charge in [0.15, 0.2) is 0 Å². The van der Waals surface area contributed by atoms with Crippen molar-refractivity contribution in [3.8, 4) is 0 Å². The van der Waals surface area contributed by atoms with Crippen molar-refractivity contribution >= 4 is 7.28 Å². The van der Waals surface area contributed by atoms with Gasteiger partial charge >= 0.3 is 0 Å². The lowest BCUT2D eigenvalue weighted by atomic mass is 9.37. The van der Waals surface area contributed by atoms with Crippen LogP contribution in [0.1, 0.15) is 65.7 Å². The van der Waals surface area contributed by atoms with Gasteiger partial charge in [0.25, 0.3) is 0 Å². The van der Waals surface area contributed by atoms with Gasteiger partial charge in [0, 0.05) is 0 Å². The van der Waals surface area contributed by atoms with Gasteiger partial charge in [0.05, 0.1) is 0 Å². The largest absolute Gasteiger partial charge is 0.117 e. The van der Waals surface area contributed by atoms with Crippen molar-refractivity contribution in [1.29, 1.82) is 0 Å². The third-order valence-electron chi connectivity index (χ3n) is 7.92. The van der Waals surface area contributed by atoms with Crippen LogP contribution < -0.4 is 0 Å². The molecule has 1 heteroatoms. The maximum atomic E-state index is 2.73. The predicted octanol–water partition coefficient (Wildman–Crippen LogP) is 5.18. The highest BCUT2D eigenvalue weighted by Crippen LogP contribution is 2.65. The van der Waals surface area contributed by atoms with Crippen molar-refractivity contribution in [3.05, 3.63) is 0 Å². The molecule has 7 atom stereocenters. The Hall–Kier alpha value is 0.0649. The molecule has 3 saturated carbocycles. The summed E-state index contributed by atoms with van der Waals surface area (Å²) < 4.78 is 0. The Kier molecular flexibility index (Phi) is 2.88. The predicted molar refractivity (Wildman–Crippen MR) is 82.5 cm³/mol. The van der Waals surface area contributed by atoms with E-state index in [0.29, 0.717) is 5.41 Å². The minimum Gasteiger partial charge on any atom is -0.0683 e. The second-order valence-electron chi connectivity index (χ2n) is 8.99. The second-order valence-corrected chi connectivity index (χ2v) is 8.99. The van der Waals surface area contributed by atoms with Crippen LogP contribution >= 0.6 is 0 Å². The third-order valence-corrected chi connectivity index (χ3v) is 7.92. The van der Waals surface area contributed by atoms with Crippen molar-refractivity contribution in [3.63, 3.8) is 0 Å². The summed E-state index contributed by atoms with van der Waals surface area (Å²) in [6.07, 6.45) is 10.7. The van der Waals surface area contributed by atoms with E-state index in [0.717, 1.165) is 41.2 Å². The molecule has 5 rings (SSSR count). The summed E-state index contributed by atoms with van der Waals surface area (Å²) in [4.78, 5) is 0. The summed E-state index contributed by atoms with van der Waals surface area (Å²) in [7, 11) is 2.73. The fraction of sp³-hybridized carbons (Fsp3) is 1.00. The molecule has 0 amide bonds. The van der Waals surface area contributed by atoms with Crippen molar-refractivity contribution in [2.45, 2.75) is 77.4 Å². The molecule has 6 unspecified atom stereocenters. The maximum absolute atomic E-state index is 2.73. The summed E-state index contributed by atoms with van der Waals surface area (Å²) in [5.74, 6) is 7.26. The molecule has 4 bridgehead atoms. The van der Waals surface area contributed by atoms with Crippen LogP contribution in [0, 0.1) is 35.0 Å². The van der Waals surface area contributed by atoms with E-state index in [1.165, 1.54) is 19.3 Å². The van der Waals surface area contributed by atoms with Gasteiger partial charge in [0.2, 0.25) is 0 Å². The lowest BCUT2D eigenvalue weighted by Gasteiger charge is -2.64. The first-order valence-corrected chi connectivity index (χ1v) is 8.90. The zero-order chi connectivity index (χ0) is 13.2. The highest BCUT2D eigenvalue weighted by Gasteiger charge is 2.57. The Morgan fingerprint density at radius 1 is 0.947 bits per heavy atom. The normalized spacial score (nSPS) is 55.0. The molecule has 1 radical (unpaired) electrons. The Bertz CT molecular complexity index is 349. The molecule has 0 aromatic carbocycles. The minimum atomic E-state index is 0.673. The fourth-order valence-corrected chi connectivity index (χ4v) is 6.65. The lowest BCUT2D eigenvalue weighted by molar-refractivity contribution is -0.142. The minimum absolute atomic E-state index is 0.673. The number of fused-ring (bicyclic) bond motifs is 4. The van der Waals surface area contributed by atoms with Crippen molar-refractivity contribution < 1.29 is 0 Å². The smallest absolute Gasteiger partial charge is 0.0683 e. The van der Waals surface area contributed by atoms with Crippen LogP contribution in [0.3, 0.4) is 0 Å². The van der Waals surface area contributed by atoms with Crippen molar-refractivity contribution in [1.82, 2.24) is 0 Å². The molecule has 3 aliphatic carbocycles. The molecule has 19 heavy (non-hydrogen) atoms. The van der Waals surface area contributed by atoms with E-state index in [1.807, 2.05) is 0 Å². The summed E-state index contributed by atoms with van der Waals surface area (Å²) in [6.45, 7) is 7.68. The Morgan fingerprint density at radius 2 is 1.63 bits per heavy atom. The van der Waals surface area contributed by atoms with Crippen LogP contribution in [0.5, 0.6) is 0 Å². The molecule has 0 spiro atoms. The molecule has 0 N–H and O–H groups in total. The summed E-state index contributed by atoms with van der Waals surface area (Å²) in [5, 5.41) is 0. The molecule has 0 aromatic rings. The molecule has 5 aliphatic rings. The van der Waals surface area contributed by atoms with Gasteiger partial charge in [-0.05, 0) is 47.8 Å². The Labute approximate surface area is 120 Å². The Morgan fingerprint density at radius 3 is 2.21 bits per heavy atom. The van der Waals surface area contributed by atoms with Crippen LogP contribution in [-0.4, -0.2) is 7.28 Å². The molecule has 0 aromatic heterocycles. The quantitative estimate of drug-likeness (QED) is 0.568. The molecule has 2 heterocycles. The maximum Gasteiger partial charge on any atom is 0.117 e. The van der Waals surface area contributed by atoms with E-state index < -0.39 is 0 Å².